The Morgan fingerprint density at radius 2 is 2.43 bits per heavy atom. The molecule has 1 fully saturated rings. The highest BCUT2D eigenvalue weighted by molar-refractivity contribution is 5.80. The molecule has 1 heteroatoms. The topological polar surface area (TPSA) is 17.1 Å². The van der Waals surface area contributed by atoms with Gasteiger partial charge in [-0.2, -0.15) is 0 Å². The molecular formula is C6H10O. The smallest absolute Gasteiger partial charge is 0.133 e. The normalized spacial score (nSPS) is 31.6. The lowest BCUT2D eigenvalue weighted by Gasteiger charge is -1.90. The van der Waals surface area contributed by atoms with Gasteiger partial charge in [-0.3, -0.25) is 4.79 Å². The maximum Gasteiger partial charge on any atom is 0.133 e. The molecule has 0 aromatic rings. The number of Topliss-reactive ketones (excluding diaryl/α,β-unsaturated/α-hetero) is 1. The van der Waals surface area contributed by atoms with Crippen LogP contribution < -0.4 is 0 Å². The predicted molar refractivity (Wildman–Crippen MR) is 28.0 cm³/mol. The van der Waals surface area contributed by atoms with Crippen LogP contribution in [0.5, 0.6) is 0 Å². The van der Waals surface area contributed by atoms with E-state index in [1.54, 1.807) is 0 Å². The van der Waals surface area contributed by atoms with Crippen molar-refractivity contribution in [3.05, 3.63) is 0 Å². The summed E-state index contributed by atoms with van der Waals surface area (Å²) in [5.74, 6) is 1.12. The van der Waals surface area contributed by atoms with Crippen molar-refractivity contribution in [2.45, 2.75) is 26.2 Å². The van der Waals surface area contributed by atoms with Gasteiger partial charge in [0.1, 0.15) is 5.78 Å². The van der Waals surface area contributed by atoms with Gasteiger partial charge in [0.2, 0.25) is 0 Å². The van der Waals surface area contributed by atoms with E-state index in [-0.39, 0.29) is 0 Å². The van der Waals surface area contributed by atoms with Crippen LogP contribution in [0.3, 0.4) is 0 Å². The van der Waals surface area contributed by atoms with Gasteiger partial charge in [-0.1, -0.05) is 6.92 Å². The minimum absolute atomic E-state index is 0.451. The minimum Gasteiger partial charge on any atom is -0.300 e. The second kappa shape index (κ2) is 1.65. The van der Waals surface area contributed by atoms with Crippen LogP contribution in [0.25, 0.3) is 0 Å². The highest BCUT2D eigenvalue weighted by Crippen LogP contribution is 2.19. The molecule has 0 spiro atoms. The molecule has 1 rings (SSSR count). The van der Waals surface area contributed by atoms with Crippen molar-refractivity contribution in [1.29, 1.82) is 0 Å². The van der Waals surface area contributed by atoms with E-state index < -0.39 is 0 Å². The van der Waals surface area contributed by atoms with Crippen LogP contribution in [-0.2, 0) is 4.79 Å². The molecule has 1 aliphatic carbocycles. The van der Waals surface area contributed by atoms with Crippen LogP contribution in [-0.4, -0.2) is 5.78 Å². The van der Waals surface area contributed by atoms with Crippen molar-refractivity contribution in [1.82, 2.24) is 0 Å². The first-order chi connectivity index (χ1) is 3.29. The third-order valence-corrected chi connectivity index (χ3v) is 1.49. The average Bonchev–Trinajstić information content (AvgIpc) is 1.87. The van der Waals surface area contributed by atoms with Crippen LogP contribution in [0.4, 0.5) is 0 Å². The Morgan fingerprint density at radius 3 is 2.57 bits per heavy atom. The lowest BCUT2D eigenvalue weighted by atomic mass is 10.1. The summed E-state index contributed by atoms with van der Waals surface area (Å²) in [5.41, 5.74) is 0. The summed E-state index contributed by atoms with van der Waals surface area (Å²) in [4.78, 5) is 10.5. The van der Waals surface area contributed by atoms with Gasteiger partial charge in [-0.15, -0.1) is 0 Å². The first kappa shape index (κ1) is 4.82. The van der Waals surface area contributed by atoms with Gasteiger partial charge < -0.3 is 0 Å². The molecule has 40 valence electrons. The van der Waals surface area contributed by atoms with E-state index >= 15 is 0 Å². The zero-order valence-electron chi connectivity index (χ0n) is 4.61. The number of hydrogen-bond donors (Lipinski definition) is 0. The zero-order valence-corrected chi connectivity index (χ0v) is 4.61. The first-order valence-corrected chi connectivity index (χ1v) is 2.81. The highest BCUT2D eigenvalue weighted by Gasteiger charge is 2.16. The molecule has 1 saturated carbocycles. The van der Waals surface area contributed by atoms with E-state index in [4.69, 9.17) is 0 Å². The third kappa shape index (κ3) is 1.02. The fraction of sp³-hybridized carbons (Fsp3) is 0.833. The number of carbonyl (C=O) groups excluding carboxylic acids is 1. The van der Waals surface area contributed by atoms with Crippen LogP contribution in [0.2, 0.25) is 0 Å². The van der Waals surface area contributed by atoms with Crippen molar-refractivity contribution in [3.8, 4) is 0 Å². The SMILES string of the molecule is CC1CCC(=O)C1. The lowest BCUT2D eigenvalue weighted by molar-refractivity contribution is -0.117. The number of rotatable bonds is 0. The first-order valence-electron chi connectivity index (χ1n) is 2.81. The van der Waals surface area contributed by atoms with E-state index in [9.17, 15) is 4.79 Å². The second-order valence-corrected chi connectivity index (χ2v) is 2.39. The second-order valence-electron chi connectivity index (χ2n) is 2.39. The molecule has 0 bridgehead atoms. The van der Waals surface area contributed by atoms with Crippen molar-refractivity contribution >= 4 is 5.78 Å². The van der Waals surface area contributed by atoms with E-state index in [2.05, 4.69) is 6.92 Å². The fourth-order valence-electron chi connectivity index (χ4n) is 1.00. The van der Waals surface area contributed by atoms with E-state index in [0.29, 0.717) is 11.7 Å². The Balaban J connectivity index is 2.40. The molecule has 0 saturated heterocycles. The van der Waals surface area contributed by atoms with Gasteiger partial charge in [0, 0.05) is 12.8 Å². The Kier molecular flexibility index (Phi) is 1.13. The maximum absolute atomic E-state index is 10.5. The van der Waals surface area contributed by atoms with Crippen LogP contribution >= 0.6 is 0 Å². The summed E-state index contributed by atoms with van der Waals surface area (Å²) in [5, 5.41) is 0. The van der Waals surface area contributed by atoms with Crippen LogP contribution in [0, 0.1) is 5.92 Å². The van der Waals surface area contributed by atoms with Crippen LogP contribution in [0.15, 0.2) is 0 Å². The Hall–Kier alpha value is -0.330. The zero-order chi connectivity index (χ0) is 5.28. The third-order valence-electron chi connectivity index (χ3n) is 1.49. The van der Waals surface area contributed by atoms with Crippen molar-refractivity contribution in [2.24, 2.45) is 5.92 Å². The van der Waals surface area contributed by atoms with Gasteiger partial charge in [0.25, 0.3) is 0 Å². The van der Waals surface area contributed by atoms with E-state index in [1.165, 1.54) is 0 Å². The van der Waals surface area contributed by atoms with Gasteiger partial charge in [0.15, 0.2) is 0 Å². The monoisotopic (exact) mass is 98.1 g/mol. The summed E-state index contributed by atoms with van der Waals surface area (Å²) >= 11 is 0. The van der Waals surface area contributed by atoms with Gasteiger partial charge in [-0.25, -0.2) is 0 Å². The van der Waals surface area contributed by atoms with Crippen LogP contribution in [0.1, 0.15) is 26.2 Å². The molecule has 0 aromatic carbocycles. The van der Waals surface area contributed by atoms with Crippen molar-refractivity contribution in [3.63, 3.8) is 0 Å². The van der Waals surface area contributed by atoms with Gasteiger partial charge in [0.05, 0.1) is 0 Å². The molecule has 0 amide bonds. The van der Waals surface area contributed by atoms with Crippen molar-refractivity contribution < 1.29 is 4.79 Å². The number of carbonyl (C=O) groups is 1. The molecular weight excluding hydrogens is 88.1 g/mol. The summed E-state index contributed by atoms with van der Waals surface area (Å²) < 4.78 is 0. The Morgan fingerprint density at radius 1 is 1.71 bits per heavy atom. The molecule has 1 nitrogen and oxygen atoms in total. The molecule has 0 radical (unpaired) electrons. The fourth-order valence-corrected chi connectivity index (χ4v) is 1.00. The molecule has 1 unspecified atom stereocenters. The molecule has 7 heavy (non-hydrogen) atoms. The summed E-state index contributed by atoms with van der Waals surface area (Å²) in [7, 11) is 0. The number of hydrogen-bond acceptors (Lipinski definition) is 1. The standard InChI is InChI=1S/C6H10O/c1-5-2-3-6(7)4-5/h5H,2-4H2,1H3. The summed E-state index contributed by atoms with van der Waals surface area (Å²) in [6.45, 7) is 2.13. The molecule has 1 aliphatic rings. The average molecular weight is 98.1 g/mol. The van der Waals surface area contributed by atoms with Gasteiger partial charge in [-0.05, 0) is 12.3 Å². The molecule has 0 aliphatic heterocycles. The van der Waals surface area contributed by atoms with Crippen molar-refractivity contribution in [2.75, 3.05) is 0 Å². The molecule has 0 heterocycles. The quantitative estimate of drug-likeness (QED) is 0.447. The highest BCUT2D eigenvalue weighted by atomic mass is 16.1. The predicted octanol–water partition coefficient (Wildman–Crippen LogP) is 1.38. The lowest BCUT2D eigenvalue weighted by Crippen LogP contribution is -1.86. The molecule has 1 atom stereocenters. The molecule has 0 N–H and O–H groups in total. The van der Waals surface area contributed by atoms with E-state index in [0.717, 1.165) is 19.3 Å². The van der Waals surface area contributed by atoms with E-state index in [1.807, 2.05) is 0 Å². The summed E-state index contributed by atoms with van der Waals surface area (Å²) in [6.07, 6.45) is 2.79. The largest absolute Gasteiger partial charge is 0.300 e. The Labute approximate surface area is 43.7 Å². The van der Waals surface area contributed by atoms with Gasteiger partial charge >= 0.3 is 0 Å². The summed E-state index contributed by atoms with van der Waals surface area (Å²) in [6, 6.07) is 0. The number of ketones is 1. The maximum atomic E-state index is 10.5. The molecule has 0 aromatic heterocycles. The minimum atomic E-state index is 0.451. The Bertz CT molecular complexity index is 86.2.